The minimum atomic E-state index is -0.136. The van der Waals surface area contributed by atoms with Crippen LogP contribution in [0.2, 0.25) is 0 Å². The molecule has 0 bridgehead atoms. The van der Waals surface area contributed by atoms with Crippen LogP contribution >= 0.6 is 0 Å². The first kappa shape index (κ1) is 11.2. The van der Waals surface area contributed by atoms with Gasteiger partial charge in [0.25, 0.3) is 5.91 Å². The smallest absolute Gasteiger partial charge is 0.261 e. The van der Waals surface area contributed by atoms with Crippen LogP contribution in [0, 0.1) is 0 Å². The van der Waals surface area contributed by atoms with Crippen molar-refractivity contribution in [1.82, 2.24) is 10.2 Å². The molecule has 0 aliphatic heterocycles. The predicted octanol–water partition coefficient (Wildman–Crippen LogP) is 1.69. The van der Waals surface area contributed by atoms with Crippen molar-refractivity contribution in [2.24, 2.45) is 0 Å². The Kier molecular flexibility index (Phi) is 3.09. The Morgan fingerprint density at radius 3 is 2.82 bits per heavy atom. The minimum Gasteiger partial charge on any atom is -0.495 e. The molecule has 1 aromatic heterocycles. The van der Waals surface area contributed by atoms with Crippen LogP contribution in [-0.2, 0) is 0 Å². The SMILES string of the molecule is COc1ccccc1N(C)C(=O)c1cn[nH]c1. The Hall–Kier alpha value is -2.30. The molecule has 0 spiro atoms. The van der Waals surface area contributed by atoms with Gasteiger partial charge in [0.1, 0.15) is 5.75 Å². The number of nitrogens with zero attached hydrogens (tertiary/aromatic N) is 2. The van der Waals surface area contributed by atoms with Gasteiger partial charge in [0.05, 0.1) is 24.6 Å². The van der Waals surface area contributed by atoms with E-state index in [4.69, 9.17) is 4.74 Å². The van der Waals surface area contributed by atoms with Gasteiger partial charge in [-0.3, -0.25) is 9.89 Å². The molecule has 88 valence electrons. The van der Waals surface area contributed by atoms with Crippen molar-refractivity contribution in [2.45, 2.75) is 0 Å². The molecule has 2 aromatic rings. The third-order valence-corrected chi connectivity index (χ3v) is 2.50. The second-order valence-electron chi connectivity index (χ2n) is 3.52. The van der Waals surface area contributed by atoms with Crippen LogP contribution in [-0.4, -0.2) is 30.3 Å². The molecule has 0 aliphatic carbocycles. The fourth-order valence-electron chi connectivity index (χ4n) is 1.58. The van der Waals surface area contributed by atoms with Crippen LogP contribution in [0.1, 0.15) is 10.4 Å². The van der Waals surface area contributed by atoms with E-state index in [9.17, 15) is 4.79 Å². The summed E-state index contributed by atoms with van der Waals surface area (Å²) in [5.41, 5.74) is 1.24. The summed E-state index contributed by atoms with van der Waals surface area (Å²) in [6.07, 6.45) is 3.06. The van der Waals surface area contributed by atoms with Crippen LogP contribution in [0.25, 0.3) is 0 Å². The molecule has 0 saturated heterocycles. The summed E-state index contributed by atoms with van der Waals surface area (Å²) in [5, 5.41) is 6.37. The Bertz CT molecular complexity index is 508. The zero-order chi connectivity index (χ0) is 12.3. The lowest BCUT2D eigenvalue weighted by molar-refractivity contribution is 0.0992. The lowest BCUT2D eigenvalue weighted by atomic mass is 10.2. The van der Waals surface area contributed by atoms with E-state index in [1.165, 1.54) is 11.1 Å². The average molecular weight is 231 g/mol. The number of carbonyl (C=O) groups excluding carboxylic acids is 1. The molecule has 0 atom stereocenters. The van der Waals surface area contributed by atoms with Gasteiger partial charge >= 0.3 is 0 Å². The highest BCUT2D eigenvalue weighted by atomic mass is 16.5. The lowest BCUT2D eigenvalue weighted by Gasteiger charge is -2.19. The topological polar surface area (TPSA) is 58.2 Å². The van der Waals surface area contributed by atoms with Crippen molar-refractivity contribution in [3.05, 3.63) is 42.2 Å². The van der Waals surface area contributed by atoms with Crippen molar-refractivity contribution < 1.29 is 9.53 Å². The molecule has 17 heavy (non-hydrogen) atoms. The van der Waals surface area contributed by atoms with Crippen LogP contribution < -0.4 is 9.64 Å². The van der Waals surface area contributed by atoms with Crippen molar-refractivity contribution >= 4 is 11.6 Å². The highest BCUT2D eigenvalue weighted by Crippen LogP contribution is 2.27. The van der Waals surface area contributed by atoms with E-state index in [-0.39, 0.29) is 5.91 Å². The number of hydrogen-bond donors (Lipinski definition) is 1. The number of benzene rings is 1. The zero-order valence-electron chi connectivity index (χ0n) is 9.68. The molecule has 1 amide bonds. The quantitative estimate of drug-likeness (QED) is 0.874. The van der Waals surface area contributed by atoms with E-state index in [0.29, 0.717) is 11.3 Å². The van der Waals surface area contributed by atoms with E-state index in [2.05, 4.69) is 10.2 Å². The number of ether oxygens (including phenoxy) is 1. The van der Waals surface area contributed by atoms with E-state index < -0.39 is 0 Å². The van der Waals surface area contributed by atoms with Gasteiger partial charge in [-0.15, -0.1) is 0 Å². The van der Waals surface area contributed by atoms with E-state index in [0.717, 1.165) is 5.69 Å². The summed E-state index contributed by atoms with van der Waals surface area (Å²) in [5.74, 6) is 0.523. The second-order valence-corrected chi connectivity index (χ2v) is 3.52. The van der Waals surface area contributed by atoms with Gasteiger partial charge in [0.15, 0.2) is 0 Å². The summed E-state index contributed by atoms with van der Waals surface area (Å²) in [4.78, 5) is 13.6. The number of methoxy groups -OCH3 is 1. The van der Waals surface area contributed by atoms with Gasteiger partial charge in [-0.25, -0.2) is 0 Å². The minimum absolute atomic E-state index is 0.136. The number of rotatable bonds is 3. The van der Waals surface area contributed by atoms with Crippen molar-refractivity contribution in [1.29, 1.82) is 0 Å². The number of anilines is 1. The summed E-state index contributed by atoms with van der Waals surface area (Å²) >= 11 is 0. The number of H-pyrrole nitrogens is 1. The Morgan fingerprint density at radius 1 is 1.41 bits per heavy atom. The molecule has 0 saturated carbocycles. The molecule has 1 aromatic carbocycles. The standard InChI is InChI=1S/C12H13N3O2/c1-15(12(16)9-7-13-14-8-9)10-5-3-4-6-11(10)17-2/h3-8H,1-2H3,(H,13,14). The first-order valence-electron chi connectivity index (χ1n) is 5.14. The first-order valence-corrected chi connectivity index (χ1v) is 5.14. The van der Waals surface area contributed by atoms with Crippen LogP contribution in [0.3, 0.4) is 0 Å². The molecular formula is C12H13N3O2. The van der Waals surface area contributed by atoms with Crippen molar-refractivity contribution in [3.63, 3.8) is 0 Å². The van der Waals surface area contributed by atoms with Gasteiger partial charge in [-0.05, 0) is 12.1 Å². The van der Waals surface area contributed by atoms with Crippen LogP contribution in [0.5, 0.6) is 5.75 Å². The number of aromatic nitrogens is 2. The maximum Gasteiger partial charge on any atom is 0.261 e. The van der Waals surface area contributed by atoms with E-state index in [1.54, 1.807) is 20.4 Å². The van der Waals surface area contributed by atoms with E-state index >= 15 is 0 Å². The summed E-state index contributed by atoms with van der Waals surface area (Å²) < 4.78 is 5.22. The molecule has 2 rings (SSSR count). The first-order chi connectivity index (χ1) is 8.24. The highest BCUT2D eigenvalue weighted by molar-refractivity contribution is 6.06. The van der Waals surface area contributed by atoms with Crippen molar-refractivity contribution in [3.8, 4) is 5.75 Å². The van der Waals surface area contributed by atoms with Gasteiger partial charge in [-0.1, -0.05) is 12.1 Å². The Balaban J connectivity index is 2.31. The Labute approximate surface area is 99.0 Å². The molecule has 5 heteroatoms. The molecule has 1 heterocycles. The fourth-order valence-corrected chi connectivity index (χ4v) is 1.58. The molecule has 0 fully saturated rings. The van der Waals surface area contributed by atoms with Gasteiger partial charge in [0, 0.05) is 13.2 Å². The number of para-hydroxylation sites is 2. The van der Waals surface area contributed by atoms with Crippen LogP contribution in [0.4, 0.5) is 5.69 Å². The van der Waals surface area contributed by atoms with Gasteiger partial charge in [-0.2, -0.15) is 5.10 Å². The molecule has 1 N–H and O–H groups in total. The third kappa shape index (κ3) is 2.13. The summed E-state index contributed by atoms with van der Waals surface area (Å²) in [6, 6.07) is 7.36. The number of amides is 1. The molecule has 0 unspecified atom stereocenters. The fraction of sp³-hybridized carbons (Fsp3) is 0.167. The normalized spacial score (nSPS) is 10.0. The number of aromatic amines is 1. The number of hydrogen-bond acceptors (Lipinski definition) is 3. The molecule has 0 radical (unpaired) electrons. The Morgan fingerprint density at radius 2 is 2.18 bits per heavy atom. The van der Waals surface area contributed by atoms with E-state index in [1.807, 2.05) is 24.3 Å². The highest BCUT2D eigenvalue weighted by Gasteiger charge is 2.17. The van der Waals surface area contributed by atoms with Crippen LogP contribution in [0.15, 0.2) is 36.7 Å². The number of carbonyl (C=O) groups is 1. The zero-order valence-corrected chi connectivity index (χ0v) is 9.68. The van der Waals surface area contributed by atoms with Gasteiger partial charge < -0.3 is 9.64 Å². The largest absolute Gasteiger partial charge is 0.495 e. The summed E-state index contributed by atoms with van der Waals surface area (Å²) in [7, 11) is 3.28. The average Bonchev–Trinajstić information content (AvgIpc) is 2.90. The lowest BCUT2D eigenvalue weighted by Crippen LogP contribution is -2.26. The number of nitrogens with one attached hydrogen (secondary N) is 1. The maximum atomic E-state index is 12.1. The monoisotopic (exact) mass is 231 g/mol. The summed E-state index contributed by atoms with van der Waals surface area (Å²) in [6.45, 7) is 0. The van der Waals surface area contributed by atoms with Crippen molar-refractivity contribution in [2.75, 3.05) is 19.1 Å². The molecule has 0 aliphatic rings. The molecular weight excluding hydrogens is 218 g/mol. The predicted molar refractivity (Wildman–Crippen MR) is 64.3 cm³/mol. The third-order valence-electron chi connectivity index (χ3n) is 2.50. The second kappa shape index (κ2) is 4.69. The molecule has 5 nitrogen and oxygen atoms in total. The maximum absolute atomic E-state index is 12.1. The van der Waals surface area contributed by atoms with Gasteiger partial charge in [0.2, 0.25) is 0 Å².